The van der Waals surface area contributed by atoms with Gasteiger partial charge in [-0.3, -0.25) is 9.59 Å². The van der Waals surface area contributed by atoms with Crippen molar-refractivity contribution in [3.05, 3.63) is 59.9 Å². The van der Waals surface area contributed by atoms with Crippen LogP contribution in [0.5, 0.6) is 5.75 Å². The minimum absolute atomic E-state index is 0.0268. The van der Waals surface area contributed by atoms with Crippen molar-refractivity contribution in [2.24, 2.45) is 5.92 Å². The highest BCUT2D eigenvalue weighted by atomic mass is 19.1. The van der Waals surface area contributed by atoms with Gasteiger partial charge in [0.2, 0.25) is 5.91 Å². The van der Waals surface area contributed by atoms with Crippen LogP contribution in [0.4, 0.5) is 10.1 Å². The summed E-state index contributed by atoms with van der Waals surface area (Å²) in [5.41, 5.74) is 1.26. The highest BCUT2D eigenvalue weighted by molar-refractivity contribution is 5.99. The van der Waals surface area contributed by atoms with E-state index in [9.17, 15) is 14.0 Å². The van der Waals surface area contributed by atoms with E-state index in [2.05, 4.69) is 0 Å². The minimum Gasteiger partial charge on any atom is -0.426 e. The largest absolute Gasteiger partial charge is 0.426 e. The summed E-state index contributed by atoms with van der Waals surface area (Å²) in [5.74, 6) is -1.38. The van der Waals surface area contributed by atoms with Gasteiger partial charge in [-0.15, -0.1) is 0 Å². The number of anilines is 1. The van der Waals surface area contributed by atoms with E-state index in [-0.39, 0.29) is 24.6 Å². The van der Waals surface area contributed by atoms with Crippen molar-refractivity contribution in [2.45, 2.75) is 13.3 Å². The number of rotatable bonds is 3. The normalized spacial score (nSPS) is 17.4. The van der Waals surface area contributed by atoms with Gasteiger partial charge >= 0.3 is 5.97 Å². The topological polar surface area (TPSA) is 46.6 Å². The molecule has 5 heteroatoms. The Morgan fingerprint density at radius 1 is 1.17 bits per heavy atom. The summed E-state index contributed by atoms with van der Waals surface area (Å²) in [5, 5.41) is 0. The van der Waals surface area contributed by atoms with Crippen LogP contribution in [-0.4, -0.2) is 18.4 Å². The van der Waals surface area contributed by atoms with E-state index in [1.54, 1.807) is 24.3 Å². The van der Waals surface area contributed by atoms with E-state index in [1.165, 1.54) is 17.0 Å². The third-order valence-corrected chi connectivity index (χ3v) is 3.84. The summed E-state index contributed by atoms with van der Waals surface area (Å²) in [6.07, 6.45) is 0.0268. The molecule has 118 valence electrons. The second-order valence-corrected chi connectivity index (χ2v) is 5.59. The fourth-order valence-corrected chi connectivity index (χ4v) is 2.57. The second kappa shape index (κ2) is 6.20. The first kappa shape index (κ1) is 15.2. The molecule has 1 unspecified atom stereocenters. The number of carbonyl (C=O) groups is 2. The van der Waals surface area contributed by atoms with Gasteiger partial charge in [0.25, 0.3) is 0 Å². The lowest BCUT2D eigenvalue weighted by molar-refractivity contribution is -0.139. The van der Waals surface area contributed by atoms with Gasteiger partial charge in [-0.1, -0.05) is 29.8 Å². The van der Waals surface area contributed by atoms with Crippen LogP contribution in [0.15, 0.2) is 48.5 Å². The zero-order chi connectivity index (χ0) is 16.4. The maximum absolute atomic E-state index is 13.8. The van der Waals surface area contributed by atoms with Gasteiger partial charge in [-0.25, -0.2) is 4.39 Å². The minimum atomic E-state index is -0.594. The summed E-state index contributed by atoms with van der Waals surface area (Å²) >= 11 is 0. The predicted octanol–water partition coefficient (Wildman–Crippen LogP) is 3.09. The van der Waals surface area contributed by atoms with Crippen LogP contribution in [0.2, 0.25) is 0 Å². The number of para-hydroxylation sites is 1. The van der Waals surface area contributed by atoms with E-state index in [0.717, 1.165) is 5.56 Å². The average molecular weight is 313 g/mol. The number of carbonyl (C=O) groups excluding carboxylic acids is 2. The molecule has 0 bridgehead atoms. The number of benzene rings is 2. The first-order valence-electron chi connectivity index (χ1n) is 7.38. The molecule has 1 atom stereocenters. The van der Waals surface area contributed by atoms with Crippen LogP contribution in [-0.2, 0) is 9.59 Å². The molecule has 0 spiro atoms. The molecular formula is C18H16FNO3. The fourth-order valence-electron chi connectivity index (χ4n) is 2.57. The lowest BCUT2D eigenvalue weighted by atomic mass is 10.1. The van der Waals surface area contributed by atoms with Gasteiger partial charge in [0.1, 0.15) is 11.6 Å². The summed E-state index contributed by atoms with van der Waals surface area (Å²) in [4.78, 5) is 25.6. The van der Waals surface area contributed by atoms with Gasteiger partial charge in [0, 0.05) is 13.0 Å². The highest BCUT2D eigenvalue weighted by Crippen LogP contribution is 2.28. The lowest BCUT2D eigenvalue weighted by Crippen LogP contribution is -2.28. The zero-order valence-electron chi connectivity index (χ0n) is 12.7. The van der Waals surface area contributed by atoms with E-state index in [4.69, 9.17) is 4.74 Å². The molecule has 1 aliphatic heterocycles. The van der Waals surface area contributed by atoms with Crippen molar-refractivity contribution >= 4 is 17.6 Å². The Balaban J connectivity index is 1.71. The molecule has 1 heterocycles. The molecule has 0 N–H and O–H groups in total. The molecule has 3 rings (SSSR count). The number of nitrogens with zero attached hydrogens (tertiary/aromatic N) is 1. The molecule has 0 aliphatic carbocycles. The van der Waals surface area contributed by atoms with Crippen LogP contribution in [0.3, 0.4) is 0 Å². The molecule has 0 saturated carbocycles. The smallest absolute Gasteiger partial charge is 0.316 e. The Bertz CT molecular complexity index is 742. The van der Waals surface area contributed by atoms with Crippen LogP contribution in [0.25, 0.3) is 0 Å². The highest BCUT2D eigenvalue weighted by Gasteiger charge is 2.37. The SMILES string of the molecule is Cc1ccc(OC(=O)C2CC(=O)N(c3ccccc3F)C2)cc1. The summed E-state index contributed by atoms with van der Waals surface area (Å²) in [7, 11) is 0. The molecule has 1 amide bonds. The van der Waals surface area contributed by atoms with E-state index in [1.807, 2.05) is 19.1 Å². The Morgan fingerprint density at radius 3 is 2.57 bits per heavy atom. The Kier molecular flexibility index (Phi) is 4.10. The summed E-state index contributed by atoms with van der Waals surface area (Å²) in [6.45, 7) is 2.07. The molecule has 0 aromatic heterocycles. The third-order valence-electron chi connectivity index (χ3n) is 3.84. The molecule has 2 aromatic carbocycles. The molecule has 2 aromatic rings. The van der Waals surface area contributed by atoms with Crippen molar-refractivity contribution in [3.63, 3.8) is 0 Å². The lowest BCUT2D eigenvalue weighted by Gasteiger charge is -2.17. The van der Waals surface area contributed by atoms with Gasteiger partial charge in [-0.2, -0.15) is 0 Å². The van der Waals surface area contributed by atoms with Gasteiger partial charge in [-0.05, 0) is 31.2 Å². The van der Waals surface area contributed by atoms with Crippen molar-refractivity contribution in [1.82, 2.24) is 0 Å². The quantitative estimate of drug-likeness (QED) is 0.646. The van der Waals surface area contributed by atoms with E-state index in [0.29, 0.717) is 5.75 Å². The van der Waals surface area contributed by atoms with Crippen molar-refractivity contribution in [3.8, 4) is 5.75 Å². The molecule has 1 fully saturated rings. The maximum atomic E-state index is 13.8. The monoisotopic (exact) mass is 313 g/mol. The number of aryl methyl sites for hydroxylation is 1. The summed E-state index contributed by atoms with van der Waals surface area (Å²) < 4.78 is 19.1. The van der Waals surface area contributed by atoms with Crippen LogP contribution < -0.4 is 9.64 Å². The van der Waals surface area contributed by atoms with Gasteiger partial charge in [0.15, 0.2) is 0 Å². The van der Waals surface area contributed by atoms with Gasteiger partial charge < -0.3 is 9.64 Å². The fraction of sp³-hybridized carbons (Fsp3) is 0.222. The number of halogens is 1. The Labute approximate surface area is 133 Å². The van der Waals surface area contributed by atoms with Gasteiger partial charge in [0.05, 0.1) is 11.6 Å². The number of hydrogen-bond donors (Lipinski definition) is 0. The number of ether oxygens (including phenoxy) is 1. The zero-order valence-corrected chi connectivity index (χ0v) is 12.7. The van der Waals surface area contributed by atoms with Crippen LogP contribution in [0, 0.1) is 18.7 Å². The first-order chi connectivity index (χ1) is 11.0. The van der Waals surface area contributed by atoms with Crippen molar-refractivity contribution < 1.29 is 18.7 Å². The van der Waals surface area contributed by atoms with E-state index < -0.39 is 17.7 Å². The Morgan fingerprint density at radius 2 is 1.87 bits per heavy atom. The molecule has 1 saturated heterocycles. The first-order valence-corrected chi connectivity index (χ1v) is 7.38. The predicted molar refractivity (Wildman–Crippen MR) is 83.7 cm³/mol. The van der Waals surface area contributed by atoms with Crippen LogP contribution >= 0.6 is 0 Å². The maximum Gasteiger partial charge on any atom is 0.316 e. The number of hydrogen-bond acceptors (Lipinski definition) is 3. The van der Waals surface area contributed by atoms with Crippen LogP contribution in [0.1, 0.15) is 12.0 Å². The van der Waals surface area contributed by atoms with Crippen molar-refractivity contribution in [2.75, 3.05) is 11.4 Å². The molecule has 1 aliphatic rings. The third kappa shape index (κ3) is 3.23. The van der Waals surface area contributed by atoms with E-state index >= 15 is 0 Å². The van der Waals surface area contributed by atoms with Crippen molar-refractivity contribution in [1.29, 1.82) is 0 Å². The standard InChI is InChI=1S/C18H16FNO3/c1-12-6-8-14(9-7-12)23-18(22)13-10-17(21)20(11-13)16-5-3-2-4-15(16)19/h2-9,13H,10-11H2,1H3. The second-order valence-electron chi connectivity index (χ2n) is 5.59. The summed E-state index contributed by atoms with van der Waals surface area (Å²) in [6, 6.07) is 13.1. The molecule has 23 heavy (non-hydrogen) atoms. The Hall–Kier alpha value is -2.69. The molecule has 0 radical (unpaired) electrons. The molecule has 4 nitrogen and oxygen atoms in total. The average Bonchev–Trinajstić information content (AvgIpc) is 2.92. The molecular weight excluding hydrogens is 297 g/mol. The number of amides is 1. The number of esters is 1.